The third-order valence-corrected chi connectivity index (χ3v) is 2.09. The van der Waals surface area contributed by atoms with E-state index in [-0.39, 0.29) is 42.9 Å². The van der Waals surface area contributed by atoms with Gasteiger partial charge in [0.2, 0.25) is 5.91 Å². The highest BCUT2D eigenvalue weighted by Crippen LogP contribution is 1.99. The lowest BCUT2D eigenvalue weighted by atomic mass is 10.1. The van der Waals surface area contributed by atoms with Gasteiger partial charge >= 0.3 is 5.97 Å². The van der Waals surface area contributed by atoms with Gasteiger partial charge in [-0.1, -0.05) is 0 Å². The highest BCUT2D eigenvalue weighted by atomic mass is 16.5. The normalized spacial score (nSPS) is 14.6. The van der Waals surface area contributed by atoms with E-state index in [9.17, 15) is 14.4 Å². The first-order valence-electron chi connectivity index (χ1n) is 5.42. The number of ether oxygens (including phenoxy) is 1. The first-order valence-corrected chi connectivity index (χ1v) is 5.42. The summed E-state index contributed by atoms with van der Waals surface area (Å²) in [6.45, 7) is 2.24. The lowest BCUT2D eigenvalue weighted by Gasteiger charge is -2.11. The molecular weight excluding hydrogens is 226 g/mol. The van der Waals surface area contributed by atoms with E-state index in [0.717, 1.165) is 0 Å². The minimum atomic E-state index is -0.366. The molecule has 0 aromatic heterocycles. The number of hydrogen-bond acceptors (Lipinski definition) is 5. The summed E-state index contributed by atoms with van der Waals surface area (Å²) >= 11 is 0. The summed E-state index contributed by atoms with van der Waals surface area (Å²) in [5.74, 6) is -0.922. The topological polar surface area (TPSA) is 96.9 Å². The smallest absolute Gasteiger partial charge is 0.307 e. The predicted molar refractivity (Wildman–Crippen MR) is 59.1 cm³/mol. The Balaban J connectivity index is 2.26. The summed E-state index contributed by atoms with van der Waals surface area (Å²) < 4.78 is 4.71. The van der Waals surface area contributed by atoms with E-state index in [2.05, 4.69) is 15.8 Å². The Morgan fingerprint density at radius 3 is 2.82 bits per heavy atom. The van der Waals surface area contributed by atoms with Gasteiger partial charge in [-0.2, -0.15) is 5.10 Å². The van der Waals surface area contributed by atoms with Crippen molar-refractivity contribution in [1.29, 1.82) is 0 Å². The van der Waals surface area contributed by atoms with Crippen LogP contribution in [0.3, 0.4) is 0 Å². The number of nitrogens with zero attached hydrogens (tertiary/aromatic N) is 1. The molecule has 0 bridgehead atoms. The molecule has 0 atom stereocenters. The maximum absolute atomic E-state index is 11.5. The number of nitrogens with one attached hydrogen (secondary N) is 2. The Bertz CT molecular complexity index is 351. The first-order chi connectivity index (χ1) is 8.13. The first kappa shape index (κ1) is 13.1. The molecule has 1 rings (SSSR count). The van der Waals surface area contributed by atoms with Gasteiger partial charge in [0.1, 0.15) is 5.71 Å². The Labute approximate surface area is 98.6 Å². The largest absolute Gasteiger partial charge is 0.466 e. The number of carbonyl (C=O) groups excluding carboxylic acids is 3. The molecule has 0 aromatic carbocycles. The lowest BCUT2D eigenvalue weighted by molar-refractivity contribution is -0.143. The zero-order valence-electron chi connectivity index (χ0n) is 9.62. The molecular formula is C10H15N3O4. The highest BCUT2D eigenvalue weighted by Gasteiger charge is 2.17. The van der Waals surface area contributed by atoms with Gasteiger partial charge in [0.25, 0.3) is 5.91 Å². The van der Waals surface area contributed by atoms with Crippen LogP contribution in [-0.4, -0.2) is 36.6 Å². The maximum Gasteiger partial charge on any atom is 0.307 e. The van der Waals surface area contributed by atoms with Crippen molar-refractivity contribution in [2.24, 2.45) is 5.10 Å². The van der Waals surface area contributed by atoms with E-state index in [1.165, 1.54) is 0 Å². The quantitative estimate of drug-likeness (QED) is 0.623. The number of carbonyl (C=O) groups is 3. The molecule has 17 heavy (non-hydrogen) atoms. The van der Waals surface area contributed by atoms with Crippen LogP contribution in [0.1, 0.15) is 26.2 Å². The fourth-order valence-electron chi connectivity index (χ4n) is 1.25. The van der Waals surface area contributed by atoms with Crippen LogP contribution in [0.4, 0.5) is 0 Å². The Morgan fingerprint density at radius 2 is 2.24 bits per heavy atom. The average molecular weight is 241 g/mol. The fraction of sp³-hybridized carbons (Fsp3) is 0.600. The van der Waals surface area contributed by atoms with Crippen LogP contribution in [-0.2, 0) is 19.1 Å². The summed E-state index contributed by atoms with van der Waals surface area (Å²) in [4.78, 5) is 33.3. The molecule has 7 nitrogen and oxygen atoms in total. The van der Waals surface area contributed by atoms with Crippen LogP contribution in [0.5, 0.6) is 0 Å². The monoisotopic (exact) mass is 241 g/mol. The molecule has 7 heteroatoms. The molecule has 0 aromatic rings. The van der Waals surface area contributed by atoms with Gasteiger partial charge in [-0.15, -0.1) is 0 Å². The highest BCUT2D eigenvalue weighted by molar-refractivity contribution is 6.39. The third kappa shape index (κ3) is 4.62. The Morgan fingerprint density at radius 1 is 1.47 bits per heavy atom. The number of hydrogen-bond donors (Lipinski definition) is 2. The van der Waals surface area contributed by atoms with E-state index < -0.39 is 0 Å². The van der Waals surface area contributed by atoms with Crippen LogP contribution in [0, 0.1) is 0 Å². The van der Waals surface area contributed by atoms with Crippen LogP contribution in [0.2, 0.25) is 0 Å². The number of hydrazone groups is 1. The molecule has 0 spiro atoms. The molecule has 0 aliphatic carbocycles. The second-order valence-electron chi connectivity index (χ2n) is 3.40. The minimum absolute atomic E-state index is 0.124. The molecule has 1 heterocycles. The Hall–Kier alpha value is -1.92. The molecule has 1 aliphatic rings. The molecule has 2 N–H and O–H groups in total. The van der Waals surface area contributed by atoms with Gasteiger partial charge in [-0.3, -0.25) is 14.4 Å². The SMILES string of the molecule is CCOC(=O)CCNC(=O)C1=NNC(=O)CC1. The van der Waals surface area contributed by atoms with Crippen molar-refractivity contribution in [3.05, 3.63) is 0 Å². The molecule has 2 amide bonds. The molecule has 1 aliphatic heterocycles. The zero-order valence-corrected chi connectivity index (χ0v) is 9.62. The number of amides is 2. The minimum Gasteiger partial charge on any atom is -0.466 e. The van der Waals surface area contributed by atoms with Crippen molar-refractivity contribution in [2.75, 3.05) is 13.2 Å². The van der Waals surface area contributed by atoms with Gasteiger partial charge in [0.15, 0.2) is 0 Å². The molecule has 0 saturated heterocycles. The van der Waals surface area contributed by atoms with Gasteiger partial charge in [0.05, 0.1) is 13.0 Å². The number of rotatable bonds is 5. The van der Waals surface area contributed by atoms with Crippen molar-refractivity contribution < 1.29 is 19.1 Å². The van der Waals surface area contributed by atoms with Crippen molar-refractivity contribution in [2.45, 2.75) is 26.2 Å². The fourth-order valence-corrected chi connectivity index (χ4v) is 1.25. The number of esters is 1. The second-order valence-corrected chi connectivity index (χ2v) is 3.40. The van der Waals surface area contributed by atoms with E-state index in [1.54, 1.807) is 6.92 Å². The third-order valence-electron chi connectivity index (χ3n) is 2.09. The standard InChI is InChI=1S/C10H15N3O4/c1-2-17-9(15)5-6-11-10(16)7-3-4-8(14)13-12-7/h2-6H2,1H3,(H,11,16)(H,13,14). The summed E-state index contributed by atoms with van der Waals surface area (Å²) in [6, 6.07) is 0. The molecule has 0 fully saturated rings. The summed E-state index contributed by atoms with van der Waals surface area (Å²) in [5.41, 5.74) is 2.50. The van der Waals surface area contributed by atoms with Crippen molar-refractivity contribution in [3.8, 4) is 0 Å². The summed E-state index contributed by atoms with van der Waals surface area (Å²) in [6.07, 6.45) is 0.695. The molecule has 94 valence electrons. The molecule has 0 unspecified atom stereocenters. The zero-order chi connectivity index (χ0) is 12.7. The van der Waals surface area contributed by atoms with Gasteiger partial charge < -0.3 is 10.1 Å². The average Bonchev–Trinajstić information content (AvgIpc) is 2.30. The van der Waals surface area contributed by atoms with E-state index >= 15 is 0 Å². The van der Waals surface area contributed by atoms with Gasteiger partial charge in [0, 0.05) is 19.4 Å². The van der Waals surface area contributed by atoms with Crippen molar-refractivity contribution in [1.82, 2.24) is 10.7 Å². The predicted octanol–water partition coefficient (Wildman–Crippen LogP) is -0.678. The van der Waals surface area contributed by atoms with E-state index in [1.807, 2.05) is 0 Å². The maximum atomic E-state index is 11.5. The van der Waals surface area contributed by atoms with E-state index in [0.29, 0.717) is 13.0 Å². The second kappa shape index (κ2) is 6.62. The Kier molecular flexibility index (Phi) is 5.12. The molecule has 0 saturated carbocycles. The van der Waals surface area contributed by atoms with Crippen molar-refractivity contribution >= 4 is 23.5 Å². The van der Waals surface area contributed by atoms with Gasteiger partial charge in [-0.05, 0) is 6.92 Å². The summed E-state index contributed by atoms with van der Waals surface area (Å²) in [5, 5.41) is 6.17. The lowest BCUT2D eigenvalue weighted by Crippen LogP contribution is -2.37. The van der Waals surface area contributed by atoms with Crippen LogP contribution < -0.4 is 10.7 Å². The summed E-state index contributed by atoms with van der Waals surface area (Å²) in [7, 11) is 0. The van der Waals surface area contributed by atoms with Crippen LogP contribution >= 0.6 is 0 Å². The molecule has 0 radical (unpaired) electrons. The van der Waals surface area contributed by atoms with E-state index in [4.69, 9.17) is 4.74 Å². The van der Waals surface area contributed by atoms with Crippen LogP contribution in [0.25, 0.3) is 0 Å². The van der Waals surface area contributed by atoms with Crippen LogP contribution in [0.15, 0.2) is 5.10 Å². The van der Waals surface area contributed by atoms with Crippen molar-refractivity contribution in [3.63, 3.8) is 0 Å². The van der Waals surface area contributed by atoms with Gasteiger partial charge in [-0.25, -0.2) is 5.43 Å².